The van der Waals surface area contributed by atoms with Crippen LogP contribution in [0.4, 0.5) is 5.13 Å². The van der Waals surface area contributed by atoms with Gasteiger partial charge in [-0.2, -0.15) is 0 Å². The van der Waals surface area contributed by atoms with Crippen LogP contribution in [0.2, 0.25) is 0 Å². The highest BCUT2D eigenvalue weighted by molar-refractivity contribution is 7.15. The molecule has 5 unspecified atom stereocenters. The number of aryl methyl sites for hydroxylation is 2. The Balaban J connectivity index is 1.43. The summed E-state index contributed by atoms with van der Waals surface area (Å²) in [6.07, 6.45) is 8.33. The summed E-state index contributed by atoms with van der Waals surface area (Å²) in [4.78, 5) is 28.7. The van der Waals surface area contributed by atoms with Gasteiger partial charge in [-0.25, -0.2) is 4.98 Å². The number of carbonyl (C=O) groups is 1. The number of oxime groups is 2. The number of ether oxygens (including phenoxy) is 1. The SMILES string of the molecule is CO/N=C(\C)c1cc2c(cc1OC)CCC1C2CCC2(C)/C(=N/OC)CC(CCC(=O)Nc3ncc(C)s3)C12. The smallest absolute Gasteiger partial charge is 0.226 e. The lowest BCUT2D eigenvalue weighted by Gasteiger charge is -2.50. The minimum Gasteiger partial charge on any atom is -0.496 e. The molecule has 0 saturated heterocycles. The lowest BCUT2D eigenvalue weighted by molar-refractivity contribution is -0.116. The highest BCUT2D eigenvalue weighted by atomic mass is 32.1. The Hall–Kier alpha value is -2.94. The molecule has 2 saturated carbocycles. The van der Waals surface area contributed by atoms with Crippen LogP contribution in [-0.4, -0.2) is 43.6 Å². The van der Waals surface area contributed by atoms with Gasteiger partial charge in [-0.3, -0.25) is 4.79 Å². The molecule has 5 atom stereocenters. The fourth-order valence-corrected chi connectivity index (χ4v) is 8.43. The summed E-state index contributed by atoms with van der Waals surface area (Å²) in [6.45, 7) is 6.34. The maximum absolute atomic E-state index is 12.9. The maximum Gasteiger partial charge on any atom is 0.226 e. The van der Waals surface area contributed by atoms with Crippen molar-refractivity contribution in [2.45, 2.75) is 71.6 Å². The number of hydrogen-bond donors (Lipinski definition) is 1. The van der Waals surface area contributed by atoms with E-state index in [0.29, 0.717) is 35.2 Å². The van der Waals surface area contributed by atoms with Gasteiger partial charge in [0.05, 0.1) is 18.5 Å². The summed E-state index contributed by atoms with van der Waals surface area (Å²) >= 11 is 1.51. The summed E-state index contributed by atoms with van der Waals surface area (Å²) < 4.78 is 5.75. The van der Waals surface area contributed by atoms with Gasteiger partial charge in [0, 0.05) is 28.5 Å². The lowest BCUT2D eigenvalue weighted by Crippen LogP contribution is -2.44. The van der Waals surface area contributed by atoms with E-state index in [-0.39, 0.29) is 11.3 Å². The number of fused-ring (bicyclic) bond motifs is 5. The Morgan fingerprint density at radius 1 is 1.23 bits per heavy atom. The Morgan fingerprint density at radius 2 is 2.05 bits per heavy atom. The molecule has 1 heterocycles. The van der Waals surface area contributed by atoms with E-state index < -0.39 is 0 Å². The van der Waals surface area contributed by atoms with Crippen molar-refractivity contribution >= 4 is 33.8 Å². The topological polar surface area (TPSA) is 94.4 Å². The van der Waals surface area contributed by atoms with Crippen molar-refractivity contribution in [1.29, 1.82) is 0 Å². The normalized spacial score (nSPS) is 28.9. The first-order valence-electron chi connectivity index (χ1n) is 13.9. The molecule has 0 bridgehead atoms. The van der Waals surface area contributed by atoms with Gasteiger partial charge in [0.2, 0.25) is 5.91 Å². The first-order chi connectivity index (χ1) is 18.8. The summed E-state index contributed by atoms with van der Waals surface area (Å²) in [7, 11) is 4.93. The third-order valence-corrected chi connectivity index (χ3v) is 10.2. The van der Waals surface area contributed by atoms with Gasteiger partial charge in [0.15, 0.2) is 5.13 Å². The third kappa shape index (κ3) is 5.17. The molecule has 0 spiro atoms. The van der Waals surface area contributed by atoms with Crippen LogP contribution in [0.3, 0.4) is 0 Å². The standard InChI is InChI=1S/C30H40N4O4S/c1-17-16-31-29(39-17)32-27(35)10-8-20-14-26(34-38-6)30(3)12-11-21-22(28(20)30)9-7-19-13-25(36-4)23(15-24(19)21)18(2)33-37-5/h13,15-16,20-22,28H,7-12,14H2,1-6H3,(H,31,32,35)/b33-18+,34-26+. The second kappa shape index (κ2) is 11.3. The number of carbonyl (C=O) groups excluding carboxylic acids is 1. The van der Waals surface area contributed by atoms with Crippen molar-refractivity contribution in [3.8, 4) is 5.75 Å². The number of anilines is 1. The zero-order valence-electron chi connectivity index (χ0n) is 23.9. The molecule has 9 heteroatoms. The molecule has 1 amide bonds. The van der Waals surface area contributed by atoms with Gasteiger partial charge in [-0.15, -0.1) is 11.3 Å². The number of benzene rings is 1. The highest BCUT2D eigenvalue weighted by Gasteiger charge is 2.57. The predicted molar refractivity (Wildman–Crippen MR) is 155 cm³/mol. The second-order valence-electron chi connectivity index (χ2n) is 11.4. The lowest BCUT2D eigenvalue weighted by atomic mass is 9.53. The fraction of sp³-hybridized carbons (Fsp3) is 0.600. The number of hydrogen-bond acceptors (Lipinski definition) is 8. The molecule has 39 heavy (non-hydrogen) atoms. The van der Waals surface area contributed by atoms with Crippen LogP contribution < -0.4 is 10.1 Å². The largest absolute Gasteiger partial charge is 0.496 e. The number of amides is 1. The molecule has 3 aliphatic rings. The quantitative estimate of drug-likeness (QED) is 0.305. The van der Waals surface area contributed by atoms with E-state index in [1.807, 2.05) is 13.8 Å². The van der Waals surface area contributed by atoms with Crippen molar-refractivity contribution in [3.05, 3.63) is 39.9 Å². The molecule has 0 aliphatic heterocycles. The minimum absolute atomic E-state index is 0.00896. The van der Waals surface area contributed by atoms with Gasteiger partial charge in [0.25, 0.3) is 0 Å². The minimum atomic E-state index is -0.00896. The number of nitrogens with zero attached hydrogens (tertiary/aromatic N) is 3. The molecule has 1 N–H and O–H groups in total. The zero-order valence-corrected chi connectivity index (χ0v) is 24.7. The molecule has 1 aromatic carbocycles. The number of nitrogens with one attached hydrogen (secondary N) is 1. The van der Waals surface area contributed by atoms with E-state index in [1.165, 1.54) is 28.2 Å². The van der Waals surface area contributed by atoms with E-state index in [9.17, 15) is 4.79 Å². The zero-order chi connectivity index (χ0) is 27.7. The van der Waals surface area contributed by atoms with Gasteiger partial charge in [-0.05, 0) is 99.3 Å². The van der Waals surface area contributed by atoms with Crippen molar-refractivity contribution in [1.82, 2.24) is 4.98 Å². The highest BCUT2D eigenvalue weighted by Crippen LogP contribution is 2.62. The summed E-state index contributed by atoms with van der Waals surface area (Å²) in [5, 5.41) is 12.4. The predicted octanol–water partition coefficient (Wildman–Crippen LogP) is 6.33. The maximum atomic E-state index is 12.9. The van der Waals surface area contributed by atoms with Crippen LogP contribution in [0.25, 0.3) is 0 Å². The summed E-state index contributed by atoms with van der Waals surface area (Å²) in [5.74, 6) is 2.71. The molecule has 3 aliphatic carbocycles. The molecular formula is C30H40N4O4S. The van der Waals surface area contributed by atoms with Crippen LogP contribution in [-0.2, 0) is 20.9 Å². The summed E-state index contributed by atoms with van der Waals surface area (Å²) in [6, 6.07) is 4.50. The van der Waals surface area contributed by atoms with Gasteiger partial charge >= 0.3 is 0 Å². The van der Waals surface area contributed by atoms with Crippen LogP contribution >= 0.6 is 11.3 Å². The Morgan fingerprint density at radius 3 is 2.74 bits per heavy atom. The molecule has 5 rings (SSSR count). The molecule has 2 aromatic rings. The Labute approximate surface area is 235 Å². The van der Waals surface area contributed by atoms with Crippen LogP contribution in [0, 0.1) is 30.1 Å². The van der Waals surface area contributed by atoms with Gasteiger partial charge in [0.1, 0.15) is 20.0 Å². The van der Waals surface area contributed by atoms with Gasteiger partial charge < -0.3 is 19.7 Å². The molecule has 210 valence electrons. The second-order valence-corrected chi connectivity index (χ2v) is 12.7. The number of methoxy groups -OCH3 is 1. The molecule has 0 radical (unpaired) electrons. The average molecular weight is 553 g/mol. The van der Waals surface area contributed by atoms with E-state index in [1.54, 1.807) is 27.5 Å². The van der Waals surface area contributed by atoms with Crippen molar-refractivity contribution in [2.75, 3.05) is 26.6 Å². The molecule has 1 aromatic heterocycles. The molecular weight excluding hydrogens is 512 g/mol. The Bertz CT molecular complexity index is 1290. The van der Waals surface area contributed by atoms with E-state index in [2.05, 4.69) is 39.7 Å². The van der Waals surface area contributed by atoms with Crippen LogP contribution in [0.1, 0.15) is 79.9 Å². The number of rotatable bonds is 8. The van der Waals surface area contributed by atoms with Crippen molar-refractivity contribution in [3.63, 3.8) is 0 Å². The van der Waals surface area contributed by atoms with Crippen LogP contribution in [0.15, 0.2) is 28.6 Å². The van der Waals surface area contributed by atoms with Crippen molar-refractivity contribution < 1.29 is 19.2 Å². The first-order valence-corrected chi connectivity index (χ1v) is 14.7. The van der Waals surface area contributed by atoms with Crippen molar-refractivity contribution in [2.24, 2.45) is 33.5 Å². The average Bonchev–Trinajstić information content (AvgIpc) is 3.46. The third-order valence-electron chi connectivity index (χ3n) is 9.35. The monoisotopic (exact) mass is 552 g/mol. The van der Waals surface area contributed by atoms with Gasteiger partial charge in [-0.1, -0.05) is 17.2 Å². The number of thiazole rings is 1. The number of aromatic nitrogens is 1. The first kappa shape index (κ1) is 27.6. The molecule has 8 nitrogen and oxygen atoms in total. The van der Waals surface area contributed by atoms with E-state index in [4.69, 9.17) is 14.4 Å². The Kier molecular flexibility index (Phi) is 7.99. The molecule has 2 fully saturated rings. The van der Waals surface area contributed by atoms with E-state index in [0.717, 1.165) is 60.4 Å². The summed E-state index contributed by atoms with van der Waals surface area (Å²) in [5.41, 5.74) is 5.76. The van der Waals surface area contributed by atoms with E-state index >= 15 is 0 Å². The fourth-order valence-electron chi connectivity index (χ4n) is 7.75. The van der Waals surface area contributed by atoms with Crippen LogP contribution in [0.5, 0.6) is 5.75 Å².